The summed E-state index contributed by atoms with van der Waals surface area (Å²) in [5.74, 6) is -0.902. The molecule has 108 valence electrons. The van der Waals surface area contributed by atoms with Crippen LogP contribution in [0.3, 0.4) is 0 Å². The molecule has 1 aromatic carbocycles. The summed E-state index contributed by atoms with van der Waals surface area (Å²) in [5, 5.41) is 8.81. The fourth-order valence-electron chi connectivity index (χ4n) is 2.70. The number of benzene rings is 1. The number of carbonyl (C=O) groups is 2. The van der Waals surface area contributed by atoms with E-state index in [9.17, 15) is 9.59 Å². The van der Waals surface area contributed by atoms with Crippen LogP contribution in [0.25, 0.3) is 0 Å². The molecular formula is C15H20N2O3. The predicted octanol–water partition coefficient (Wildman–Crippen LogP) is 2.13. The Kier molecular flexibility index (Phi) is 4.61. The predicted molar refractivity (Wildman–Crippen MR) is 76.4 cm³/mol. The van der Waals surface area contributed by atoms with Gasteiger partial charge in [0.1, 0.15) is 0 Å². The molecule has 1 amide bonds. The van der Waals surface area contributed by atoms with Crippen molar-refractivity contribution < 1.29 is 14.7 Å². The third kappa shape index (κ3) is 3.29. The Balaban J connectivity index is 2.13. The number of para-hydroxylation sites is 1. The quantitative estimate of drug-likeness (QED) is 0.825. The summed E-state index contributed by atoms with van der Waals surface area (Å²) in [6.45, 7) is 0.678. The highest BCUT2D eigenvalue weighted by Crippen LogP contribution is 2.24. The van der Waals surface area contributed by atoms with Crippen molar-refractivity contribution in [2.24, 2.45) is 0 Å². The minimum Gasteiger partial charge on any atom is -0.481 e. The van der Waals surface area contributed by atoms with Crippen molar-refractivity contribution in [2.45, 2.75) is 38.1 Å². The van der Waals surface area contributed by atoms with E-state index in [0.29, 0.717) is 24.2 Å². The van der Waals surface area contributed by atoms with Crippen LogP contribution in [0.5, 0.6) is 0 Å². The molecule has 3 N–H and O–H groups in total. The van der Waals surface area contributed by atoms with Gasteiger partial charge in [-0.3, -0.25) is 9.59 Å². The first-order valence-corrected chi connectivity index (χ1v) is 6.97. The second-order valence-electron chi connectivity index (χ2n) is 5.17. The summed E-state index contributed by atoms with van der Waals surface area (Å²) in [6, 6.07) is 7.03. The van der Waals surface area contributed by atoms with E-state index in [4.69, 9.17) is 10.8 Å². The number of hydrogen-bond donors (Lipinski definition) is 2. The van der Waals surface area contributed by atoms with Crippen LogP contribution in [0, 0.1) is 0 Å². The Hall–Kier alpha value is -2.04. The molecule has 1 fully saturated rings. The minimum absolute atomic E-state index is 0.00644. The van der Waals surface area contributed by atoms with Gasteiger partial charge in [0, 0.05) is 24.7 Å². The Morgan fingerprint density at radius 1 is 1.30 bits per heavy atom. The molecule has 1 atom stereocenters. The number of amides is 1. The zero-order chi connectivity index (χ0) is 14.5. The van der Waals surface area contributed by atoms with E-state index in [0.717, 1.165) is 19.3 Å². The lowest BCUT2D eigenvalue weighted by Gasteiger charge is -2.36. The number of anilines is 1. The Morgan fingerprint density at radius 3 is 2.75 bits per heavy atom. The van der Waals surface area contributed by atoms with Gasteiger partial charge in [-0.2, -0.15) is 0 Å². The topological polar surface area (TPSA) is 83.6 Å². The van der Waals surface area contributed by atoms with Crippen molar-refractivity contribution >= 4 is 17.6 Å². The van der Waals surface area contributed by atoms with Gasteiger partial charge in [0.05, 0.1) is 5.56 Å². The smallest absolute Gasteiger partial charge is 0.303 e. The summed E-state index contributed by atoms with van der Waals surface area (Å²) in [6.07, 6.45) is 3.47. The SMILES string of the molecule is Nc1ccccc1C(=O)N1CCCCC1CCC(=O)O. The molecule has 1 aromatic rings. The average Bonchev–Trinajstić information content (AvgIpc) is 2.45. The lowest BCUT2D eigenvalue weighted by Crippen LogP contribution is -2.44. The maximum atomic E-state index is 12.6. The van der Waals surface area contributed by atoms with Crippen molar-refractivity contribution in [3.05, 3.63) is 29.8 Å². The fourth-order valence-corrected chi connectivity index (χ4v) is 2.70. The van der Waals surface area contributed by atoms with Crippen LogP contribution in [-0.2, 0) is 4.79 Å². The number of carboxylic acid groups (broad SMARTS) is 1. The second-order valence-corrected chi connectivity index (χ2v) is 5.17. The summed E-state index contributed by atoms with van der Waals surface area (Å²) < 4.78 is 0. The third-order valence-electron chi connectivity index (χ3n) is 3.77. The number of carboxylic acids is 1. The number of carbonyl (C=O) groups excluding carboxylic acids is 1. The maximum Gasteiger partial charge on any atom is 0.303 e. The van der Waals surface area contributed by atoms with Crippen LogP contribution in [0.4, 0.5) is 5.69 Å². The number of aliphatic carboxylic acids is 1. The Morgan fingerprint density at radius 2 is 2.05 bits per heavy atom. The van der Waals surface area contributed by atoms with Crippen LogP contribution in [-0.4, -0.2) is 34.5 Å². The maximum absolute atomic E-state index is 12.6. The molecular weight excluding hydrogens is 256 g/mol. The lowest BCUT2D eigenvalue weighted by molar-refractivity contribution is -0.137. The van der Waals surface area contributed by atoms with Gasteiger partial charge in [-0.15, -0.1) is 0 Å². The molecule has 1 aliphatic rings. The molecule has 0 spiro atoms. The van der Waals surface area contributed by atoms with Gasteiger partial charge in [0.25, 0.3) is 5.91 Å². The average molecular weight is 276 g/mol. The second kappa shape index (κ2) is 6.41. The highest BCUT2D eigenvalue weighted by molar-refractivity contribution is 5.99. The molecule has 0 bridgehead atoms. The van der Waals surface area contributed by atoms with E-state index in [1.54, 1.807) is 29.2 Å². The molecule has 1 aliphatic heterocycles. The van der Waals surface area contributed by atoms with Gasteiger partial charge in [-0.05, 0) is 37.8 Å². The number of nitrogens with two attached hydrogens (primary N) is 1. The van der Waals surface area contributed by atoms with Crippen molar-refractivity contribution in [3.63, 3.8) is 0 Å². The van der Waals surface area contributed by atoms with Gasteiger partial charge >= 0.3 is 5.97 Å². The van der Waals surface area contributed by atoms with E-state index in [2.05, 4.69) is 0 Å². The van der Waals surface area contributed by atoms with Crippen LogP contribution in [0.1, 0.15) is 42.5 Å². The monoisotopic (exact) mass is 276 g/mol. The van der Waals surface area contributed by atoms with Gasteiger partial charge in [0.15, 0.2) is 0 Å². The molecule has 1 saturated heterocycles. The molecule has 20 heavy (non-hydrogen) atoms. The molecule has 0 saturated carbocycles. The molecule has 5 heteroatoms. The first-order chi connectivity index (χ1) is 9.59. The Bertz CT molecular complexity index is 502. The van der Waals surface area contributed by atoms with Gasteiger partial charge < -0.3 is 15.7 Å². The fraction of sp³-hybridized carbons (Fsp3) is 0.467. The first-order valence-electron chi connectivity index (χ1n) is 6.97. The van der Waals surface area contributed by atoms with E-state index in [1.807, 2.05) is 0 Å². The van der Waals surface area contributed by atoms with E-state index in [1.165, 1.54) is 0 Å². The van der Waals surface area contributed by atoms with Crippen LogP contribution >= 0.6 is 0 Å². The molecule has 0 aromatic heterocycles. The molecule has 5 nitrogen and oxygen atoms in total. The van der Waals surface area contributed by atoms with Gasteiger partial charge in [0.2, 0.25) is 0 Å². The third-order valence-corrected chi connectivity index (χ3v) is 3.77. The minimum atomic E-state index is -0.817. The highest BCUT2D eigenvalue weighted by Gasteiger charge is 2.28. The van der Waals surface area contributed by atoms with Crippen LogP contribution in [0.15, 0.2) is 24.3 Å². The number of nitrogens with zero attached hydrogens (tertiary/aromatic N) is 1. The summed E-state index contributed by atoms with van der Waals surface area (Å²) in [5.41, 5.74) is 6.84. The van der Waals surface area contributed by atoms with Crippen LogP contribution < -0.4 is 5.73 Å². The Labute approximate surface area is 118 Å². The normalized spacial score (nSPS) is 18.8. The van der Waals surface area contributed by atoms with Crippen LogP contribution in [0.2, 0.25) is 0 Å². The number of rotatable bonds is 4. The lowest BCUT2D eigenvalue weighted by atomic mass is 9.96. The van der Waals surface area contributed by atoms with Crippen molar-refractivity contribution in [1.82, 2.24) is 4.90 Å². The zero-order valence-electron chi connectivity index (χ0n) is 11.4. The molecule has 0 aliphatic carbocycles. The van der Waals surface area contributed by atoms with Crippen molar-refractivity contribution in [1.29, 1.82) is 0 Å². The van der Waals surface area contributed by atoms with E-state index < -0.39 is 5.97 Å². The summed E-state index contributed by atoms with van der Waals surface area (Å²) >= 11 is 0. The summed E-state index contributed by atoms with van der Waals surface area (Å²) in [4.78, 5) is 25.1. The summed E-state index contributed by atoms with van der Waals surface area (Å²) in [7, 11) is 0. The molecule has 1 heterocycles. The van der Waals surface area contributed by atoms with Gasteiger partial charge in [-0.1, -0.05) is 12.1 Å². The molecule has 2 rings (SSSR count). The van der Waals surface area contributed by atoms with Gasteiger partial charge in [-0.25, -0.2) is 0 Å². The zero-order valence-corrected chi connectivity index (χ0v) is 11.4. The molecule has 0 radical (unpaired) electrons. The number of hydrogen-bond acceptors (Lipinski definition) is 3. The number of piperidine rings is 1. The largest absolute Gasteiger partial charge is 0.481 e. The van der Waals surface area contributed by atoms with E-state index >= 15 is 0 Å². The standard InChI is InChI=1S/C15H20N2O3/c16-13-7-2-1-6-12(13)15(20)17-10-4-3-5-11(17)8-9-14(18)19/h1-2,6-7,11H,3-5,8-10,16H2,(H,18,19). The molecule has 1 unspecified atom stereocenters. The van der Waals surface area contributed by atoms with Crippen molar-refractivity contribution in [2.75, 3.05) is 12.3 Å². The van der Waals surface area contributed by atoms with Crippen molar-refractivity contribution in [3.8, 4) is 0 Å². The number of likely N-dealkylation sites (tertiary alicyclic amines) is 1. The number of nitrogen functional groups attached to an aromatic ring is 1. The first kappa shape index (κ1) is 14.4. The highest BCUT2D eigenvalue weighted by atomic mass is 16.4. The van der Waals surface area contributed by atoms with E-state index in [-0.39, 0.29) is 18.4 Å².